The predicted octanol–water partition coefficient (Wildman–Crippen LogP) is 1.80. The summed E-state index contributed by atoms with van der Waals surface area (Å²) in [5.41, 5.74) is -0.627. The molecule has 0 atom stereocenters. The highest BCUT2D eigenvalue weighted by Gasteiger charge is 2.26. The molecule has 24 heavy (non-hydrogen) atoms. The molecule has 0 spiro atoms. The maximum absolute atomic E-state index is 11.0. The first kappa shape index (κ1) is 25.3. The fourth-order valence-electron chi connectivity index (χ4n) is 1.65. The topological polar surface area (TPSA) is 107 Å². The Hall–Kier alpha value is -0.950. The van der Waals surface area contributed by atoms with Crippen molar-refractivity contribution in [3.05, 3.63) is 12.2 Å². The highest BCUT2D eigenvalue weighted by atomic mass is 16.5. The Morgan fingerprint density at radius 1 is 0.875 bits per heavy atom. The second kappa shape index (κ2) is 16.9. The van der Waals surface area contributed by atoms with Crippen LogP contribution in [0.5, 0.6) is 0 Å². The maximum Gasteiger partial charge on any atom is 0.333 e. The summed E-state index contributed by atoms with van der Waals surface area (Å²) in [4.78, 5) is 11.0. The second-order valence-electron chi connectivity index (χ2n) is 6.17. The van der Waals surface area contributed by atoms with Gasteiger partial charge in [0.15, 0.2) is 0 Å². The van der Waals surface area contributed by atoms with Gasteiger partial charge in [0, 0.05) is 5.57 Å². The predicted molar refractivity (Wildman–Crippen MR) is 94.5 cm³/mol. The summed E-state index contributed by atoms with van der Waals surface area (Å²) in [7, 11) is 0. The summed E-state index contributed by atoms with van der Waals surface area (Å²) in [6, 6.07) is 0. The molecule has 0 unspecified atom stereocenters. The molecule has 4 N–H and O–H groups in total. The standard InChI is InChI=1S/C13H24O2.C5H12O4/c1-4-5-6-7-8-9-10-11-15-13(14)12(2)3;6-1-5(2-7,3-8)4-9/h2,4-11H2,1,3H3;6-9H,1-4H2. The average Bonchev–Trinajstić information content (AvgIpc) is 2.60. The Bertz CT molecular complexity index is 295. The third kappa shape index (κ3) is 13.5. The number of ether oxygens (including phenoxy) is 1. The van der Waals surface area contributed by atoms with Gasteiger partial charge in [-0.1, -0.05) is 52.0 Å². The van der Waals surface area contributed by atoms with Crippen molar-refractivity contribution in [2.24, 2.45) is 5.41 Å². The first-order chi connectivity index (χ1) is 11.4. The zero-order valence-electron chi connectivity index (χ0n) is 15.3. The third-order valence-corrected chi connectivity index (χ3v) is 3.67. The Morgan fingerprint density at radius 3 is 1.62 bits per heavy atom. The van der Waals surface area contributed by atoms with Gasteiger partial charge in [-0.15, -0.1) is 0 Å². The van der Waals surface area contributed by atoms with E-state index >= 15 is 0 Å². The Balaban J connectivity index is 0. The van der Waals surface area contributed by atoms with Crippen molar-refractivity contribution in [3.8, 4) is 0 Å². The number of unbranched alkanes of at least 4 members (excludes halogenated alkanes) is 6. The van der Waals surface area contributed by atoms with Gasteiger partial charge in [0.1, 0.15) is 0 Å². The molecular formula is C18H36O6. The average molecular weight is 348 g/mol. The SMILES string of the molecule is C=C(C)C(=O)OCCCCCCCCC.OCC(CO)(CO)CO. The molecule has 0 aliphatic heterocycles. The molecular weight excluding hydrogens is 312 g/mol. The highest BCUT2D eigenvalue weighted by molar-refractivity contribution is 5.86. The minimum atomic E-state index is -1.11. The number of aliphatic hydroxyl groups is 4. The number of carbonyl (C=O) groups is 1. The van der Waals surface area contributed by atoms with E-state index in [9.17, 15) is 4.79 Å². The lowest BCUT2D eigenvalue weighted by molar-refractivity contribution is -0.139. The third-order valence-electron chi connectivity index (χ3n) is 3.67. The smallest absolute Gasteiger partial charge is 0.333 e. The van der Waals surface area contributed by atoms with E-state index in [1.54, 1.807) is 6.92 Å². The lowest BCUT2D eigenvalue weighted by Crippen LogP contribution is -2.37. The molecule has 0 saturated heterocycles. The highest BCUT2D eigenvalue weighted by Crippen LogP contribution is 2.11. The molecule has 0 aliphatic rings. The van der Waals surface area contributed by atoms with E-state index < -0.39 is 31.8 Å². The van der Waals surface area contributed by atoms with E-state index in [1.165, 1.54) is 32.1 Å². The zero-order chi connectivity index (χ0) is 18.8. The van der Waals surface area contributed by atoms with E-state index in [4.69, 9.17) is 25.2 Å². The number of aliphatic hydroxyl groups excluding tert-OH is 4. The Morgan fingerprint density at radius 2 is 1.29 bits per heavy atom. The van der Waals surface area contributed by atoms with Gasteiger partial charge < -0.3 is 25.2 Å². The summed E-state index contributed by atoms with van der Waals surface area (Å²) >= 11 is 0. The van der Waals surface area contributed by atoms with Crippen molar-refractivity contribution >= 4 is 5.97 Å². The summed E-state index contributed by atoms with van der Waals surface area (Å²) in [6.07, 6.45) is 8.66. The second-order valence-corrected chi connectivity index (χ2v) is 6.17. The monoisotopic (exact) mass is 348 g/mol. The van der Waals surface area contributed by atoms with Crippen molar-refractivity contribution < 1.29 is 30.0 Å². The van der Waals surface area contributed by atoms with Gasteiger partial charge in [0.25, 0.3) is 0 Å². The van der Waals surface area contributed by atoms with Crippen molar-refractivity contribution in [2.45, 2.75) is 58.8 Å². The summed E-state index contributed by atoms with van der Waals surface area (Å²) in [5.74, 6) is -0.263. The number of carbonyl (C=O) groups excluding carboxylic acids is 1. The van der Waals surface area contributed by atoms with Crippen LogP contribution in [0.3, 0.4) is 0 Å². The first-order valence-electron chi connectivity index (χ1n) is 8.69. The van der Waals surface area contributed by atoms with Gasteiger partial charge in [0.2, 0.25) is 0 Å². The van der Waals surface area contributed by atoms with Crippen LogP contribution in [-0.2, 0) is 9.53 Å². The summed E-state index contributed by atoms with van der Waals surface area (Å²) in [6.45, 7) is 6.34. The molecule has 0 fully saturated rings. The molecule has 0 rings (SSSR count). The lowest BCUT2D eigenvalue weighted by Gasteiger charge is -2.23. The number of esters is 1. The molecule has 0 bridgehead atoms. The molecule has 0 amide bonds. The maximum atomic E-state index is 11.0. The van der Waals surface area contributed by atoms with Crippen LogP contribution in [0.25, 0.3) is 0 Å². The fourth-order valence-corrected chi connectivity index (χ4v) is 1.65. The van der Waals surface area contributed by atoms with Crippen LogP contribution in [0, 0.1) is 5.41 Å². The van der Waals surface area contributed by atoms with Crippen molar-refractivity contribution in [1.82, 2.24) is 0 Å². The van der Waals surface area contributed by atoms with E-state index in [2.05, 4.69) is 13.5 Å². The Labute approximate surface area is 146 Å². The van der Waals surface area contributed by atoms with E-state index in [-0.39, 0.29) is 5.97 Å². The summed E-state index contributed by atoms with van der Waals surface area (Å²) in [5, 5.41) is 34.0. The van der Waals surface area contributed by atoms with Gasteiger partial charge in [-0.2, -0.15) is 0 Å². The quantitative estimate of drug-likeness (QED) is 0.230. The largest absolute Gasteiger partial charge is 0.462 e. The molecule has 0 aromatic rings. The van der Waals surface area contributed by atoms with Crippen molar-refractivity contribution in [1.29, 1.82) is 0 Å². The van der Waals surface area contributed by atoms with Crippen LogP contribution in [0.4, 0.5) is 0 Å². The van der Waals surface area contributed by atoms with Gasteiger partial charge in [-0.05, 0) is 13.3 Å². The normalized spacial score (nSPS) is 10.8. The van der Waals surface area contributed by atoms with Crippen LogP contribution in [0.2, 0.25) is 0 Å². The van der Waals surface area contributed by atoms with Crippen LogP contribution < -0.4 is 0 Å². The molecule has 0 radical (unpaired) electrons. The molecule has 0 saturated carbocycles. The molecule has 6 heteroatoms. The fraction of sp³-hybridized carbons (Fsp3) is 0.833. The Kier molecular flexibility index (Phi) is 17.8. The van der Waals surface area contributed by atoms with E-state index in [0.29, 0.717) is 12.2 Å². The van der Waals surface area contributed by atoms with E-state index in [1.807, 2.05) is 0 Å². The zero-order valence-corrected chi connectivity index (χ0v) is 15.3. The van der Waals surface area contributed by atoms with Gasteiger partial charge in [0.05, 0.1) is 38.4 Å². The lowest BCUT2D eigenvalue weighted by atomic mass is 9.93. The molecule has 0 aromatic heterocycles. The number of hydrogen-bond acceptors (Lipinski definition) is 6. The molecule has 0 aliphatic carbocycles. The minimum Gasteiger partial charge on any atom is -0.462 e. The van der Waals surface area contributed by atoms with Crippen LogP contribution in [0.1, 0.15) is 58.8 Å². The van der Waals surface area contributed by atoms with E-state index in [0.717, 1.165) is 12.8 Å². The van der Waals surface area contributed by atoms with Gasteiger partial charge in [-0.3, -0.25) is 0 Å². The molecule has 144 valence electrons. The van der Waals surface area contributed by atoms with Gasteiger partial charge in [-0.25, -0.2) is 4.79 Å². The first-order valence-corrected chi connectivity index (χ1v) is 8.69. The minimum absolute atomic E-state index is 0.263. The van der Waals surface area contributed by atoms with Crippen molar-refractivity contribution in [3.63, 3.8) is 0 Å². The number of hydrogen-bond donors (Lipinski definition) is 4. The van der Waals surface area contributed by atoms with Gasteiger partial charge >= 0.3 is 5.97 Å². The summed E-state index contributed by atoms with van der Waals surface area (Å²) < 4.78 is 4.99. The van der Waals surface area contributed by atoms with Crippen LogP contribution >= 0.6 is 0 Å². The molecule has 6 nitrogen and oxygen atoms in total. The van der Waals surface area contributed by atoms with Crippen molar-refractivity contribution in [2.75, 3.05) is 33.0 Å². The molecule has 0 heterocycles. The molecule has 0 aromatic carbocycles. The van der Waals surface area contributed by atoms with Crippen LogP contribution in [0.15, 0.2) is 12.2 Å². The van der Waals surface area contributed by atoms with Crippen LogP contribution in [-0.4, -0.2) is 59.4 Å². The number of rotatable bonds is 13.